The van der Waals surface area contributed by atoms with Gasteiger partial charge < -0.3 is 10.5 Å². The number of fused-ring (bicyclic) bond motifs is 1. The fourth-order valence-corrected chi connectivity index (χ4v) is 3.66. The molecule has 21 heavy (non-hydrogen) atoms. The largest absolute Gasteiger partial charge is 0.496 e. The zero-order valence-electron chi connectivity index (χ0n) is 12.5. The molecular weight excluding hydrogens is 282 g/mol. The molecule has 2 fully saturated rings. The number of hydrogen-bond donors (Lipinski definition) is 1. The van der Waals surface area contributed by atoms with E-state index in [2.05, 4.69) is 21.9 Å². The summed E-state index contributed by atoms with van der Waals surface area (Å²) in [5.41, 5.74) is 7.89. The summed E-state index contributed by atoms with van der Waals surface area (Å²) in [6, 6.07) is 6.91. The molecule has 1 atom stereocenters. The van der Waals surface area contributed by atoms with Crippen molar-refractivity contribution >= 4 is 17.2 Å². The van der Waals surface area contributed by atoms with Crippen LogP contribution in [0, 0.1) is 0 Å². The fourth-order valence-electron chi connectivity index (χ4n) is 3.50. The minimum absolute atomic E-state index is 0.398. The fraction of sp³-hybridized carbons (Fsp3) is 0.562. The zero-order valence-corrected chi connectivity index (χ0v) is 13.4. The van der Waals surface area contributed by atoms with Crippen LogP contribution in [0.4, 0.5) is 0 Å². The van der Waals surface area contributed by atoms with Crippen LogP contribution in [-0.4, -0.2) is 54.1 Å². The van der Waals surface area contributed by atoms with Gasteiger partial charge in [0.1, 0.15) is 10.7 Å². The zero-order chi connectivity index (χ0) is 14.8. The van der Waals surface area contributed by atoms with Crippen molar-refractivity contribution in [3.05, 3.63) is 29.3 Å². The van der Waals surface area contributed by atoms with E-state index in [1.165, 1.54) is 38.0 Å². The van der Waals surface area contributed by atoms with Crippen molar-refractivity contribution in [1.82, 2.24) is 9.80 Å². The Kier molecular flexibility index (Phi) is 4.42. The average Bonchev–Trinajstić information content (AvgIpc) is 2.94. The molecule has 114 valence electrons. The first-order chi connectivity index (χ1) is 10.2. The molecule has 0 spiro atoms. The first kappa shape index (κ1) is 14.8. The molecular formula is C16H23N3OS. The third-order valence-electron chi connectivity index (χ3n) is 4.61. The molecule has 5 heteroatoms. The highest BCUT2D eigenvalue weighted by Gasteiger charge is 2.30. The second-order valence-corrected chi connectivity index (χ2v) is 6.41. The lowest BCUT2D eigenvalue weighted by Crippen LogP contribution is -2.49. The average molecular weight is 305 g/mol. The first-order valence-corrected chi connectivity index (χ1v) is 8.01. The van der Waals surface area contributed by atoms with Crippen molar-refractivity contribution in [3.63, 3.8) is 0 Å². The summed E-state index contributed by atoms with van der Waals surface area (Å²) >= 11 is 5.12. The summed E-state index contributed by atoms with van der Waals surface area (Å²) in [4.78, 5) is 5.57. The SMILES string of the molecule is COc1ccc(CN2CCN3CCCC3C2)cc1C(N)=S. The van der Waals surface area contributed by atoms with Gasteiger partial charge in [-0.25, -0.2) is 0 Å². The third kappa shape index (κ3) is 3.20. The molecule has 2 aliphatic rings. The van der Waals surface area contributed by atoms with E-state index in [0.29, 0.717) is 4.99 Å². The van der Waals surface area contributed by atoms with Crippen LogP contribution < -0.4 is 10.5 Å². The molecule has 1 aromatic rings. The molecule has 0 bridgehead atoms. The third-order valence-corrected chi connectivity index (χ3v) is 4.83. The highest BCUT2D eigenvalue weighted by atomic mass is 32.1. The van der Waals surface area contributed by atoms with Gasteiger partial charge in [0.25, 0.3) is 0 Å². The normalized spacial score (nSPS) is 23.0. The second kappa shape index (κ2) is 6.30. The van der Waals surface area contributed by atoms with Crippen LogP contribution in [0.5, 0.6) is 5.75 Å². The molecule has 0 radical (unpaired) electrons. The Morgan fingerprint density at radius 3 is 3.00 bits per heavy atom. The van der Waals surface area contributed by atoms with Gasteiger partial charge in [0.2, 0.25) is 0 Å². The van der Waals surface area contributed by atoms with Crippen molar-refractivity contribution < 1.29 is 4.74 Å². The lowest BCUT2D eigenvalue weighted by atomic mass is 10.1. The van der Waals surface area contributed by atoms with Crippen LogP contribution in [0.25, 0.3) is 0 Å². The highest BCUT2D eigenvalue weighted by molar-refractivity contribution is 7.80. The Bertz CT molecular complexity index is 534. The number of benzene rings is 1. The van der Waals surface area contributed by atoms with E-state index in [1.54, 1.807) is 7.11 Å². The van der Waals surface area contributed by atoms with Crippen molar-refractivity contribution in [2.75, 3.05) is 33.3 Å². The molecule has 2 N–H and O–H groups in total. The van der Waals surface area contributed by atoms with Gasteiger partial charge in [0, 0.05) is 32.2 Å². The number of thiocarbonyl (C=S) groups is 1. The molecule has 2 heterocycles. The first-order valence-electron chi connectivity index (χ1n) is 7.60. The maximum absolute atomic E-state index is 5.79. The predicted octanol–water partition coefficient (Wildman–Crippen LogP) is 1.61. The number of ether oxygens (including phenoxy) is 1. The van der Waals surface area contributed by atoms with Crippen LogP contribution >= 0.6 is 12.2 Å². The van der Waals surface area contributed by atoms with E-state index < -0.39 is 0 Å². The molecule has 3 rings (SSSR count). The molecule has 2 saturated heterocycles. The van der Waals surface area contributed by atoms with E-state index in [1.807, 2.05) is 6.07 Å². The van der Waals surface area contributed by atoms with Gasteiger partial charge in [0.15, 0.2) is 0 Å². The maximum atomic E-state index is 5.79. The molecule has 1 aromatic carbocycles. The summed E-state index contributed by atoms with van der Waals surface area (Å²) in [7, 11) is 1.65. The Morgan fingerprint density at radius 2 is 2.24 bits per heavy atom. The Labute approximate surface area is 131 Å². The Hall–Kier alpha value is -1.17. The monoisotopic (exact) mass is 305 g/mol. The van der Waals surface area contributed by atoms with Crippen LogP contribution in [0.2, 0.25) is 0 Å². The minimum Gasteiger partial charge on any atom is -0.496 e. The summed E-state index contributed by atoms with van der Waals surface area (Å²) in [6.45, 7) is 5.76. The van der Waals surface area contributed by atoms with Crippen LogP contribution in [-0.2, 0) is 6.54 Å². The van der Waals surface area contributed by atoms with E-state index in [9.17, 15) is 0 Å². The molecule has 1 unspecified atom stereocenters. The van der Waals surface area contributed by atoms with Crippen LogP contribution in [0.15, 0.2) is 18.2 Å². The summed E-state index contributed by atoms with van der Waals surface area (Å²) in [6.07, 6.45) is 2.70. The van der Waals surface area contributed by atoms with E-state index in [-0.39, 0.29) is 0 Å². The molecule has 0 amide bonds. The Balaban J connectivity index is 1.70. The maximum Gasteiger partial charge on any atom is 0.129 e. The number of piperazine rings is 1. The van der Waals surface area contributed by atoms with Crippen molar-refractivity contribution in [1.29, 1.82) is 0 Å². The van der Waals surface area contributed by atoms with E-state index in [4.69, 9.17) is 22.7 Å². The molecule has 0 aliphatic carbocycles. The van der Waals surface area contributed by atoms with Gasteiger partial charge in [-0.3, -0.25) is 9.80 Å². The number of rotatable bonds is 4. The van der Waals surface area contributed by atoms with Crippen molar-refractivity contribution in [3.8, 4) is 5.75 Å². The van der Waals surface area contributed by atoms with Gasteiger partial charge in [-0.1, -0.05) is 18.3 Å². The van der Waals surface area contributed by atoms with Crippen LogP contribution in [0.1, 0.15) is 24.0 Å². The molecule has 4 nitrogen and oxygen atoms in total. The van der Waals surface area contributed by atoms with Gasteiger partial charge >= 0.3 is 0 Å². The quantitative estimate of drug-likeness (QED) is 0.856. The van der Waals surface area contributed by atoms with Gasteiger partial charge in [0.05, 0.1) is 12.7 Å². The van der Waals surface area contributed by atoms with Gasteiger partial charge in [-0.05, 0) is 37.1 Å². The summed E-state index contributed by atoms with van der Waals surface area (Å²) < 4.78 is 5.32. The van der Waals surface area contributed by atoms with E-state index >= 15 is 0 Å². The molecule has 2 aliphatic heterocycles. The summed E-state index contributed by atoms with van der Waals surface area (Å²) in [5, 5.41) is 0. The minimum atomic E-state index is 0.398. The lowest BCUT2D eigenvalue weighted by Gasteiger charge is -2.37. The number of methoxy groups -OCH3 is 1. The summed E-state index contributed by atoms with van der Waals surface area (Å²) in [5.74, 6) is 0.756. The van der Waals surface area contributed by atoms with Crippen molar-refractivity contribution in [2.24, 2.45) is 5.73 Å². The van der Waals surface area contributed by atoms with Crippen LogP contribution in [0.3, 0.4) is 0 Å². The number of nitrogens with zero attached hydrogens (tertiary/aromatic N) is 2. The second-order valence-electron chi connectivity index (χ2n) is 5.97. The lowest BCUT2D eigenvalue weighted by molar-refractivity contribution is 0.0993. The number of nitrogens with two attached hydrogens (primary N) is 1. The smallest absolute Gasteiger partial charge is 0.129 e. The highest BCUT2D eigenvalue weighted by Crippen LogP contribution is 2.24. The topological polar surface area (TPSA) is 41.7 Å². The van der Waals surface area contributed by atoms with Gasteiger partial charge in [-0.15, -0.1) is 0 Å². The molecule has 0 aromatic heterocycles. The van der Waals surface area contributed by atoms with Crippen molar-refractivity contribution in [2.45, 2.75) is 25.4 Å². The Morgan fingerprint density at radius 1 is 1.38 bits per heavy atom. The predicted molar refractivity (Wildman–Crippen MR) is 88.8 cm³/mol. The van der Waals surface area contributed by atoms with E-state index in [0.717, 1.165) is 30.4 Å². The number of hydrogen-bond acceptors (Lipinski definition) is 4. The van der Waals surface area contributed by atoms with Gasteiger partial charge in [-0.2, -0.15) is 0 Å². The molecule has 0 saturated carbocycles. The standard InChI is InChI=1S/C16H23N3OS/c1-20-15-5-4-12(9-14(15)16(17)21)10-18-7-8-19-6-2-3-13(19)11-18/h4-5,9,13H,2-3,6-8,10-11H2,1H3,(H2,17,21).